The Morgan fingerprint density at radius 1 is 1.19 bits per heavy atom. The van der Waals surface area contributed by atoms with Gasteiger partial charge in [0.15, 0.2) is 0 Å². The maximum Gasteiger partial charge on any atom is 0.301 e. The molecule has 1 N–H and O–H groups in total. The molecular weight excluding hydrogens is 352 g/mol. The number of rotatable bonds is 6. The van der Waals surface area contributed by atoms with E-state index in [9.17, 15) is 20.2 Å². The van der Waals surface area contributed by atoms with E-state index in [1.54, 1.807) is 10.8 Å². The number of nitrogens with one attached hydrogen (secondary N) is 1. The smallest absolute Gasteiger partial charge is 0.301 e. The van der Waals surface area contributed by atoms with Crippen LogP contribution in [0.15, 0.2) is 53.8 Å². The minimum atomic E-state index is -0.719. The van der Waals surface area contributed by atoms with Crippen molar-refractivity contribution in [1.82, 2.24) is 4.57 Å². The number of nitriles is 1. The fourth-order valence-corrected chi connectivity index (χ4v) is 2.64. The van der Waals surface area contributed by atoms with Crippen LogP contribution < -0.4 is 5.43 Å². The zero-order valence-electron chi connectivity index (χ0n) is 13.8. The molecule has 0 saturated heterocycles. The van der Waals surface area contributed by atoms with E-state index >= 15 is 0 Å². The van der Waals surface area contributed by atoms with Crippen LogP contribution in [0.5, 0.6) is 0 Å². The number of hydrogen-bond donors (Lipinski definition) is 1. The normalized spacial score (nSPS) is 10.8. The molecule has 0 aliphatic rings. The average molecular weight is 364 g/mol. The van der Waals surface area contributed by atoms with Crippen LogP contribution in [0.25, 0.3) is 10.9 Å². The zero-order valence-corrected chi connectivity index (χ0v) is 13.8. The molecule has 0 spiro atoms. The summed E-state index contributed by atoms with van der Waals surface area (Å²) in [6, 6.07) is 12.8. The summed E-state index contributed by atoms with van der Waals surface area (Å²) in [5, 5.41) is 35.7. The van der Waals surface area contributed by atoms with Gasteiger partial charge in [0.25, 0.3) is 5.69 Å². The van der Waals surface area contributed by atoms with Gasteiger partial charge in [0, 0.05) is 28.7 Å². The Kier molecular flexibility index (Phi) is 4.76. The predicted octanol–water partition coefficient (Wildman–Crippen LogP) is 3.43. The Morgan fingerprint density at radius 2 is 1.96 bits per heavy atom. The molecule has 10 nitrogen and oxygen atoms in total. The Balaban J connectivity index is 1.90. The Labute approximate surface area is 152 Å². The van der Waals surface area contributed by atoms with Crippen LogP contribution in [0.2, 0.25) is 0 Å². The molecule has 1 heterocycles. The standard InChI is InChI=1S/C17H12N6O4/c18-7-8-21-11-12(14-3-1-2-4-16(14)21)10-19-20-15-6-5-13(22(24)25)9-17(15)23(26)27/h1-6,9-11,20H,8H2/b19-10-. The second-order valence-electron chi connectivity index (χ2n) is 5.47. The van der Waals surface area contributed by atoms with Crippen molar-refractivity contribution in [1.29, 1.82) is 5.26 Å². The van der Waals surface area contributed by atoms with Gasteiger partial charge in [-0.3, -0.25) is 25.7 Å². The topological polar surface area (TPSA) is 139 Å². The maximum absolute atomic E-state index is 11.1. The fraction of sp³-hybridized carbons (Fsp3) is 0.0588. The largest absolute Gasteiger partial charge is 0.333 e. The van der Waals surface area contributed by atoms with E-state index in [2.05, 4.69) is 16.6 Å². The summed E-state index contributed by atoms with van der Waals surface area (Å²) >= 11 is 0. The molecule has 0 atom stereocenters. The predicted molar refractivity (Wildman–Crippen MR) is 98.5 cm³/mol. The lowest BCUT2D eigenvalue weighted by Crippen LogP contribution is -1.98. The van der Waals surface area contributed by atoms with Gasteiger partial charge in [-0.15, -0.1) is 0 Å². The van der Waals surface area contributed by atoms with Crippen molar-refractivity contribution < 1.29 is 9.85 Å². The molecule has 0 radical (unpaired) electrons. The van der Waals surface area contributed by atoms with E-state index in [4.69, 9.17) is 5.26 Å². The van der Waals surface area contributed by atoms with Gasteiger partial charge in [0.05, 0.1) is 28.2 Å². The third kappa shape index (κ3) is 3.57. The van der Waals surface area contributed by atoms with Crippen LogP contribution in [0, 0.1) is 31.6 Å². The first-order valence-electron chi connectivity index (χ1n) is 7.68. The van der Waals surface area contributed by atoms with Crippen LogP contribution in [0.4, 0.5) is 17.1 Å². The molecule has 0 bridgehead atoms. The number of para-hydroxylation sites is 1. The van der Waals surface area contributed by atoms with Gasteiger partial charge < -0.3 is 4.57 Å². The molecule has 134 valence electrons. The second-order valence-corrected chi connectivity index (χ2v) is 5.47. The third-order valence-corrected chi connectivity index (χ3v) is 3.84. The summed E-state index contributed by atoms with van der Waals surface area (Å²) in [6.07, 6.45) is 3.23. The Morgan fingerprint density at radius 3 is 2.67 bits per heavy atom. The number of hydrazone groups is 1. The van der Waals surface area contributed by atoms with Gasteiger partial charge >= 0.3 is 5.69 Å². The third-order valence-electron chi connectivity index (χ3n) is 3.84. The number of nitro groups is 2. The number of fused-ring (bicyclic) bond motifs is 1. The molecule has 0 saturated carbocycles. The van der Waals surface area contributed by atoms with Crippen LogP contribution >= 0.6 is 0 Å². The van der Waals surface area contributed by atoms with Crippen molar-refractivity contribution in [2.45, 2.75) is 6.54 Å². The molecule has 0 amide bonds. The summed E-state index contributed by atoms with van der Waals surface area (Å²) in [7, 11) is 0. The molecule has 0 fully saturated rings. The molecule has 2 aromatic carbocycles. The summed E-state index contributed by atoms with van der Waals surface area (Å²) < 4.78 is 1.77. The van der Waals surface area contributed by atoms with E-state index in [0.717, 1.165) is 28.6 Å². The lowest BCUT2D eigenvalue weighted by atomic mass is 10.2. The van der Waals surface area contributed by atoms with Crippen LogP contribution in [-0.4, -0.2) is 20.6 Å². The Hall–Kier alpha value is -4.26. The first kappa shape index (κ1) is 17.6. The van der Waals surface area contributed by atoms with E-state index in [-0.39, 0.29) is 17.9 Å². The van der Waals surface area contributed by atoms with Crippen molar-refractivity contribution in [3.63, 3.8) is 0 Å². The van der Waals surface area contributed by atoms with Crippen LogP contribution in [0.1, 0.15) is 5.56 Å². The Bertz CT molecular complexity index is 1110. The van der Waals surface area contributed by atoms with E-state index < -0.39 is 15.5 Å². The van der Waals surface area contributed by atoms with Crippen LogP contribution in [0.3, 0.4) is 0 Å². The lowest BCUT2D eigenvalue weighted by Gasteiger charge is -2.01. The fourth-order valence-electron chi connectivity index (χ4n) is 2.64. The zero-order chi connectivity index (χ0) is 19.4. The lowest BCUT2D eigenvalue weighted by molar-refractivity contribution is -0.393. The first-order chi connectivity index (χ1) is 13.0. The van der Waals surface area contributed by atoms with Gasteiger partial charge in [-0.1, -0.05) is 18.2 Å². The van der Waals surface area contributed by atoms with Crippen molar-refractivity contribution in [2.75, 3.05) is 5.43 Å². The van der Waals surface area contributed by atoms with Gasteiger partial charge in [0.2, 0.25) is 0 Å². The minimum Gasteiger partial charge on any atom is -0.333 e. The second kappa shape index (κ2) is 7.32. The number of nitrogens with zero attached hydrogens (tertiary/aromatic N) is 5. The highest BCUT2D eigenvalue weighted by Gasteiger charge is 2.19. The van der Waals surface area contributed by atoms with Crippen molar-refractivity contribution in [3.8, 4) is 6.07 Å². The average Bonchev–Trinajstić information content (AvgIpc) is 3.00. The van der Waals surface area contributed by atoms with Crippen LogP contribution in [-0.2, 0) is 6.54 Å². The van der Waals surface area contributed by atoms with E-state index in [0.29, 0.717) is 0 Å². The van der Waals surface area contributed by atoms with Gasteiger partial charge in [-0.2, -0.15) is 10.4 Å². The van der Waals surface area contributed by atoms with Gasteiger partial charge in [0.1, 0.15) is 12.2 Å². The number of benzene rings is 2. The number of non-ortho nitro benzene ring substituents is 1. The summed E-state index contributed by atoms with van der Waals surface area (Å²) in [5.74, 6) is 0. The summed E-state index contributed by atoms with van der Waals surface area (Å²) in [6.45, 7) is 0.176. The highest BCUT2D eigenvalue weighted by molar-refractivity contribution is 5.99. The molecule has 1 aromatic heterocycles. The number of anilines is 1. The number of nitro benzene ring substituents is 2. The first-order valence-corrected chi connectivity index (χ1v) is 7.68. The number of aromatic nitrogens is 1. The SMILES string of the molecule is N#CCn1cc(/C=N\Nc2ccc([N+](=O)[O-])cc2[N+](=O)[O-])c2ccccc21. The molecule has 0 aliphatic carbocycles. The van der Waals surface area contributed by atoms with E-state index in [1.165, 1.54) is 12.3 Å². The summed E-state index contributed by atoms with van der Waals surface area (Å²) in [4.78, 5) is 20.5. The highest BCUT2D eigenvalue weighted by Crippen LogP contribution is 2.29. The minimum absolute atomic E-state index is 0.0302. The molecule has 0 unspecified atom stereocenters. The maximum atomic E-state index is 11.1. The monoisotopic (exact) mass is 364 g/mol. The van der Waals surface area contributed by atoms with Gasteiger partial charge in [-0.25, -0.2) is 0 Å². The van der Waals surface area contributed by atoms with E-state index in [1.807, 2.05) is 24.3 Å². The number of hydrogen-bond acceptors (Lipinski definition) is 7. The summed E-state index contributed by atoms with van der Waals surface area (Å²) in [5.41, 5.74) is 3.33. The molecule has 10 heteroatoms. The molecule has 27 heavy (non-hydrogen) atoms. The van der Waals surface area contributed by atoms with Crippen molar-refractivity contribution >= 4 is 34.2 Å². The van der Waals surface area contributed by atoms with Crippen molar-refractivity contribution in [2.24, 2.45) is 5.10 Å². The quantitative estimate of drug-likeness (QED) is 0.404. The molecular formula is C17H12N6O4. The molecule has 0 aliphatic heterocycles. The highest BCUT2D eigenvalue weighted by atomic mass is 16.6. The molecule has 3 rings (SSSR count). The molecule has 3 aromatic rings. The van der Waals surface area contributed by atoms with Crippen molar-refractivity contribution in [3.05, 3.63) is 74.5 Å². The van der Waals surface area contributed by atoms with Gasteiger partial charge in [-0.05, 0) is 12.1 Å².